The first-order valence-electron chi connectivity index (χ1n) is 7.37. The van der Waals surface area contributed by atoms with Gasteiger partial charge < -0.3 is 20.3 Å². The van der Waals surface area contributed by atoms with Gasteiger partial charge in [-0.2, -0.15) is 0 Å². The number of fused-ring (bicyclic) bond motifs is 1. The first kappa shape index (κ1) is 14.4. The lowest BCUT2D eigenvalue weighted by Gasteiger charge is -2.35. The van der Waals surface area contributed by atoms with Crippen molar-refractivity contribution in [3.8, 4) is 0 Å². The number of carbonyl (C=O) groups excluding carboxylic acids is 1. The topological polar surface area (TPSA) is 84.6 Å². The molecule has 0 aliphatic carbocycles. The fourth-order valence-electron chi connectivity index (χ4n) is 2.65. The third-order valence-electron chi connectivity index (χ3n) is 3.75. The summed E-state index contributed by atoms with van der Waals surface area (Å²) in [4.78, 5) is 24.2. The Morgan fingerprint density at radius 3 is 2.77 bits per heavy atom. The summed E-state index contributed by atoms with van der Waals surface area (Å²) in [5.74, 6) is 0.462. The third-order valence-corrected chi connectivity index (χ3v) is 3.75. The molecule has 1 fully saturated rings. The first-order valence-corrected chi connectivity index (χ1v) is 7.37. The van der Waals surface area contributed by atoms with Gasteiger partial charge in [0.2, 0.25) is 0 Å². The molecule has 2 aromatic rings. The molecular weight excluding hydrogens is 282 g/mol. The highest BCUT2D eigenvalue weighted by Gasteiger charge is 2.23. The molecule has 0 unspecified atom stereocenters. The van der Waals surface area contributed by atoms with Crippen LogP contribution in [-0.4, -0.2) is 53.7 Å². The largest absolute Gasteiger partial charge is 0.450 e. The SMILES string of the molecule is CCOC(=O)N1CCN(c2ccnc3nc(N)ccc23)CC1. The normalized spacial score (nSPS) is 15.1. The smallest absolute Gasteiger partial charge is 0.409 e. The number of carbonyl (C=O) groups is 1. The number of anilines is 2. The van der Waals surface area contributed by atoms with E-state index in [1.165, 1.54) is 0 Å². The molecule has 0 atom stereocenters. The number of nitrogen functional groups attached to an aromatic ring is 1. The number of amides is 1. The van der Waals surface area contributed by atoms with Crippen LogP contribution in [-0.2, 0) is 4.74 Å². The van der Waals surface area contributed by atoms with Crippen molar-refractivity contribution >= 4 is 28.6 Å². The number of pyridine rings is 2. The molecule has 1 aliphatic rings. The number of piperazine rings is 1. The summed E-state index contributed by atoms with van der Waals surface area (Å²) in [7, 11) is 0. The Morgan fingerprint density at radius 1 is 1.27 bits per heavy atom. The molecule has 3 rings (SSSR count). The summed E-state index contributed by atoms with van der Waals surface area (Å²) in [5.41, 5.74) is 7.42. The van der Waals surface area contributed by atoms with Gasteiger partial charge in [-0.15, -0.1) is 0 Å². The number of hydrogen-bond acceptors (Lipinski definition) is 6. The minimum absolute atomic E-state index is 0.240. The lowest BCUT2D eigenvalue weighted by Crippen LogP contribution is -2.49. The number of aromatic nitrogens is 2. The van der Waals surface area contributed by atoms with Crippen LogP contribution in [0.4, 0.5) is 16.3 Å². The Labute approximate surface area is 128 Å². The second-order valence-corrected chi connectivity index (χ2v) is 5.11. The van der Waals surface area contributed by atoms with Gasteiger partial charge in [-0.3, -0.25) is 0 Å². The van der Waals surface area contributed by atoms with E-state index in [9.17, 15) is 4.79 Å². The highest BCUT2D eigenvalue weighted by atomic mass is 16.6. The average molecular weight is 301 g/mol. The van der Waals surface area contributed by atoms with Crippen LogP contribution in [0, 0.1) is 0 Å². The maximum atomic E-state index is 11.7. The second-order valence-electron chi connectivity index (χ2n) is 5.11. The quantitative estimate of drug-likeness (QED) is 0.904. The van der Waals surface area contributed by atoms with Crippen molar-refractivity contribution in [3.63, 3.8) is 0 Å². The van der Waals surface area contributed by atoms with Crippen molar-refractivity contribution in [1.29, 1.82) is 0 Å². The van der Waals surface area contributed by atoms with E-state index < -0.39 is 0 Å². The Bertz CT molecular complexity index is 683. The molecule has 3 heterocycles. The lowest BCUT2D eigenvalue weighted by molar-refractivity contribution is 0.105. The van der Waals surface area contributed by atoms with Crippen LogP contribution in [0.15, 0.2) is 24.4 Å². The minimum Gasteiger partial charge on any atom is -0.450 e. The van der Waals surface area contributed by atoms with Gasteiger partial charge >= 0.3 is 6.09 Å². The highest BCUT2D eigenvalue weighted by molar-refractivity contribution is 5.90. The van der Waals surface area contributed by atoms with Gasteiger partial charge in [0.15, 0.2) is 5.65 Å². The molecule has 1 amide bonds. The number of nitrogens with two attached hydrogens (primary N) is 1. The van der Waals surface area contributed by atoms with E-state index in [1.54, 1.807) is 17.2 Å². The molecule has 0 radical (unpaired) electrons. The zero-order valence-corrected chi connectivity index (χ0v) is 12.5. The van der Waals surface area contributed by atoms with Gasteiger partial charge in [0.05, 0.1) is 6.61 Å². The molecule has 116 valence electrons. The maximum Gasteiger partial charge on any atom is 0.409 e. The monoisotopic (exact) mass is 301 g/mol. The molecular formula is C15H19N5O2. The summed E-state index contributed by atoms with van der Waals surface area (Å²) < 4.78 is 5.04. The maximum absolute atomic E-state index is 11.7. The zero-order valence-electron chi connectivity index (χ0n) is 12.5. The van der Waals surface area contributed by atoms with Crippen molar-refractivity contribution in [2.45, 2.75) is 6.92 Å². The van der Waals surface area contributed by atoms with Crippen LogP contribution in [0.1, 0.15) is 6.92 Å². The van der Waals surface area contributed by atoms with Crippen molar-refractivity contribution in [3.05, 3.63) is 24.4 Å². The van der Waals surface area contributed by atoms with E-state index in [-0.39, 0.29) is 6.09 Å². The third kappa shape index (κ3) is 2.74. The Kier molecular flexibility index (Phi) is 3.95. The average Bonchev–Trinajstić information content (AvgIpc) is 2.54. The fraction of sp³-hybridized carbons (Fsp3) is 0.400. The Balaban J connectivity index is 1.78. The molecule has 7 nitrogen and oxygen atoms in total. The van der Waals surface area contributed by atoms with Crippen LogP contribution < -0.4 is 10.6 Å². The van der Waals surface area contributed by atoms with E-state index in [2.05, 4.69) is 14.9 Å². The minimum atomic E-state index is -0.240. The van der Waals surface area contributed by atoms with Crippen molar-refractivity contribution in [2.24, 2.45) is 0 Å². The van der Waals surface area contributed by atoms with Crippen LogP contribution in [0.5, 0.6) is 0 Å². The predicted molar refractivity (Wildman–Crippen MR) is 84.8 cm³/mol. The Hall–Kier alpha value is -2.57. The van der Waals surface area contributed by atoms with E-state index in [1.807, 2.05) is 19.1 Å². The first-order chi connectivity index (χ1) is 10.7. The van der Waals surface area contributed by atoms with Gasteiger partial charge in [-0.05, 0) is 25.1 Å². The van der Waals surface area contributed by atoms with Crippen molar-refractivity contribution in [2.75, 3.05) is 43.4 Å². The van der Waals surface area contributed by atoms with Gasteiger partial charge in [0.1, 0.15) is 5.82 Å². The number of hydrogen-bond donors (Lipinski definition) is 1. The van der Waals surface area contributed by atoms with Crippen molar-refractivity contribution < 1.29 is 9.53 Å². The van der Waals surface area contributed by atoms with Crippen molar-refractivity contribution in [1.82, 2.24) is 14.9 Å². The predicted octanol–water partition coefficient (Wildman–Crippen LogP) is 1.49. The molecule has 0 bridgehead atoms. The van der Waals surface area contributed by atoms with Gasteiger partial charge in [0.25, 0.3) is 0 Å². The zero-order chi connectivity index (χ0) is 15.5. The summed E-state index contributed by atoms with van der Waals surface area (Å²) in [6, 6.07) is 5.69. The summed E-state index contributed by atoms with van der Waals surface area (Å²) in [5, 5.41) is 0.973. The van der Waals surface area contributed by atoms with Crippen LogP contribution in [0.2, 0.25) is 0 Å². The molecule has 2 aromatic heterocycles. The van der Waals surface area contributed by atoms with Crippen LogP contribution in [0.25, 0.3) is 11.0 Å². The molecule has 0 saturated carbocycles. The lowest BCUT2D eigenvalue weighted by atomic mass is 10.2. The molecule has 2 N–H and O–H groups in total. The van der Waals surface area contributed by atoms with Gasteiger partial charge in [-0.25, -0.2) is 14.8 Å². The fourth-order valence-corrected chi connectivity index (χ4v) is 2.65. The van der Waals surface area contributed by atoms with Crippen LogP contribution >= 0.6 is 0 Å². The summed E-state index contributed by atoms with van der Waals surface area (Å²) in [6.45, 7) is 5.01. The molecule has 7 heteroatoms. The second kappa shape index (κ2) is 6.05. The standard InChI is InChI=1S/C15H19N5O2/c1-2-22-15(21)20-9-7-19(8-10-20)12-5-6-17-14-11(12)3-4-13(16)18-14/h3-6H,2,7-10H2,1H3,(H2,16,17,18). The molecule has 1 saturated heterocycles. The summed E-state index contributed by atoms with van der Waals surface area (Å²) in [6.07, 6.45) is 1.50. The van der Waals surface area contributed by atoms with E-state index in [0.717, 1.165) is 24.2 Å². The van der Waals surface area contributed by atoms with E-state index in [4.69, 9.17) is 10.5 Å². The summed E-state index contributed by atoms with van der Waals surface area (Å²) >= 11 is 0. The molecule has 0 spiro atoms. The molecule has 0 aromatic carbocycles. The number of ether oxygens (including phenoxy) is 1. The van der Waals surface area contributed by atoms with Crippen LogP contribution in [0.3, 0.4) is 0 Å². The van der Waals surface area contributed by atoms with E-state index in [0.29, 0.717) is 31.2 Å². The number of rotatable bonds is 2. The molecule has 1 aliphatic heterocycles. The highest BCUT2D eigenvalue weighted by Crippen LogP contribution is 2.26. The number of nitrogens with zero attached hydrogens (tertiary/aromatic N) is 4. The van der Waals surface area contributed by atoms with Gasteiger partial charge in [-0.1, -0.05) is 0 Å². The Morgan fingerprint density at radius 2 is 2.05 bits per heavy atom. The van der Waals surface area contributed by atoms with Gasteiger partial charge in [0, 0.05) is 43.4 Å². The van der Waals surface area contributed by atoms with E-state index >= 15 is 0 Å². The molecule has 22 heavy (non-hydrogen) atoms.